The van der Waals surface area contributed by atoms with E-state index in [9.17, 15) is 14.9 Å². The van der Waals surface area contributed by atoms with Gasteiger partial charge in [0.05, 0.1) is 21.2 Å². The Labute approximate surface area is 126 Å². The summed E-state index contributed by atoms with van der Waals surface area (Å²) in [5.41, 5.74) is 5.62. The predicted octanol–water partition coefficient (Wildman–Crippen LogP) is 1.67. The van der Waals surface area contributed by atoms with Gasteiger partial charge in [0, 0.05) is 31.8 Å². The number of aliphatic hydroxyl groups excluding tert-OH is 1. The summed E-state index contributed by atoms with van der Waals surface area (Å²) < 4.78 is 0. The lowest BCUT2D eigenvalue weighted by atomic mass is 10.1. The van der Waals surface area contributed by atoms with Crippen molar-refractivity contribution in [3.05, 3.63) is 32.8 Å². The van der Waals surface area contributed by atoms with Crippen molar-refractivity contribution in [1.29, 1.82) is 0 Å². The molecule has 1 aliphatic heterocycles. The summed E-state index contributed by atoms with van der Waals surface area (Å²) in [6, 6.07) is 2.29. The first kappa shape index (κ1) is 15.5. The van der Waals surface area contributed by atoms with E-state index in [1.54, 1.807) is 4.90 Å². The van der Waals surface area contributed by atoms with Gasteiger partial charge in [0.2, 0.25) is 0 Å². The van der Waals surface area contributed by atoms with E-state index in [0.717, 1.165) is 18.6 Å². The number of rotatable bonds is 4. The number of anilines is 1. The first-order chi connectivity index (χ1) is 9.93. The fraction of sp³-hybridized carbons (Fsp3) is 0.462. The molecule has 3 N–H and O–H groups in total. The van der Waals surface area contributed by atoms with Gasteiger partial charge >= 0.3 is 0 Å². The zero-order chi connectivity index (χ0) is 15.6. The Bertz CT molecular complexity index is 579. The molecule has 8 heteroatoms. The van der Waals surface area contributed by atoms with Crippen LogP contribution in [0.3, 0.4) is 0 Å². The van der Waals surface area contributed by atoms with Gasteiger partial charge in [-0.05, 0) is 18.8 Å². The van der Waals surface area contributed by atoms with Gasteiger partial charge in [-0.2, -0.15) is 0 Å². The minimum absolute atomic E-state index is 0.00125. The van der Waals surface area contributed by atoms with E-state index in [-0.39, 0.29) is 40.4 Å². The van der Waals surface area contributed by atoms with Crippen molar-refractivity contribution < 1.29 is 14.8 Å². The van der Waals surface area contributed by atoms with Crippen molar-refractivity contribution in [2.75, 3.05) is 25.4 Å². The molecule has 1 aromatic rings. The maximum Gasteiger partial charge on any atom is 0.271 e. The van der Waals surface area contributed by atoms with Gasteiger partial charge in [0.15, 0.2) is 0 Å². The van der Waals surface area contributed by atoms with Gasteiger partial charge in [-0.3, -0.25) is 14.9 Å². The zero-order valence-corrected chi connectivity index (χ0v) is 12.0. The second kappa shape index (κ2) is 6.28. The summed E-state index contributed by atoms with van der Waals surface area (Å²) in [5, 5.41) is 19.8. The first-order valence-corrected chi connectivity index (χ1v) is 6.95. The van der Waals surface area contributed by atoms with E-state index in [2.05, 4.69) is 0 Å². The lowest BCUT2D eigenvalue weighted by Crippen LogP contribution is -2.29. The Kier molecular flexibility index (Phi) is 4.64. The molecule has 2 rings (SSSR count). The van der Waals surface area contributed by atoms with E-state index in [0.29, 0.717) is 19.5 Å². The summed E-state index contributed by atoms with van der Waals surface area (Å²) in [7, 11) is 0. The van der Waals surface area contributed by atoms with Crippen molar-refractivity contribution in [3.8, 4) is 0 Å². The van der Waals surface area contributed by atoms with E-state index in [1.807, 2.05) is 0 Å². The summed E-state index contributed by atoms with van der Waals surface area (Å²) in [6.07, 6.45) is 1.43. The number of carbonyl (C=O) groups excluding carboxylic acids is 1. The minimum atomic E-state index is -0.610. The zero-order valence-electron chi connectivity index (χ0n) is 11.3. The maximum absolute atomic E-state index is 12.4. The van der Waals surface area contributed by atoms with E-state index >= 15 is 0 Å². The highest BCUT2D eigenvalue weighted by Gasteiger charge is 2.29. The third-order valence-electron chi connectivity index (χ3n) is 3.67. The van der Waals surface area contributed by atoms with Crippen LogP contribution in [0.25, 0.3) is 0 Å². The van der Waals surface area contributed by atoms with Crippen LogP contribution >= 0.6 is 11.6 Å². The van der Waals surface area contributed by atoms with E-state index in [4.69, 9.17) is 22.4 Å². The number of hydrogen-bond donors (Lipinski definition) is 2. The van der Waals surface area contributed by atoms with Crippen LogP contribution in [0.1, 0.15) is 23.2 Å². The number of nitrogens with zero attached hydrogens (tertiary/aromatic N) is 2. The molecule has 1 saturated heterocycles. The topological polar surface area (TPSA) is 110 Å². The molecule has 1 aliphatic rings. The van der Waals surface area contributed by atoms with E-state index < -0.39 is 4.92 Å². The lowest BCUT2D eigenvalue weighted by Gasteiger charge is -2.18. The Hall–Kier alpha value is -1.86. The Morgan fingerprint density at radius 1 is 1.57 bits per heavy atom. The molecule has 1 atom stereocenters. The second-order valence-corrected chi connectivity index (χ2v) is 5.47. The van der Waals surface area contributed by atoms with Crippen LogP contribution in [0.2, 0.25) is 5.02 Å². The van der Waals surface area contributed by atoms with E-state index in [1.165, 1.54) is 0 Å². The predicted molar refractivity (Wildman–Crippen MR) is 78.2 cm³/mol. The van der Waals surface area contributed by atoms with Crippen LogP contribution in [0.4, 0.5) is 11.4 Å². The average Bonchev–Trinajstić information content (AvgIpc) is 2.89. The number of nitro benzene ring substituents is 1. The highest BCUT2D eigenvalue weighted by atomic mass is 35.5. The van der Waals surface area contributed by atoms with Crippen molar-refractivity contribution in [2.45, 2.75) is 12.8 Å². The van der Waals surface area contributed by atoms with Crippen LogP contribution in [-0.4, -0.2) is 40.5 Å². The average molecular weight is 314 g/mol. The molecule has 1 amide bonds. The molecule has 0 radical (unpaired) electrons. The number of hydrogen-bond acceptors (Lipinski definition) is 5. The molecular formula is C13H16ClN3O4. The Morgan fingerprint density at radius 3 is 2.90 bits per heavy atom. The standard InChI is InChI=1S/C13H16ClN3O4/c14-11-6-9(17(20)21)5-10(12(11)15)13(19)16-3-1-8(7-16)2-4-18/h5-6,8,18H,1-4,7,15H2. The van der Waals surface area contributed by atoms with Gasteiger partial charge in [-0.15, -0.1) is 0 Å². The third kappa shape index (κ3) is 3.25. The number of halogens is 1. The quantitative estimate of drug-likeness (QED) is 0.499. The smallest absolute Gasteiger partial charge is 0.271 e. The SMILES string of the molecule is Nc1c(Cl)cc([N+](=O)[O-])cc1C(=O)N1CCC(CCO)C1. The highest BCUT2D eigenvalue weighted by molar-refractivity contribution is 6.34. The largest absolute Gasteiger partial charge is 0.397 e. The van der Waals surface area contributed by atoms with Gasteiger partial charge in [0.1, 0.15) is 0 Å². The second-order valence-electron chi connectivity index (χ2n) is 5.06. The number of nitrogen functional groups attached to an aromatic ring is 1. The fourth-order valence-electron chi connectivity index (χ4n) is 2.49. The van der Waals surface area contributed by atoms with Crippen LogP contribution in [0.5, 0.6) is 0 Å². The molecule has 0 aliphatic carbocycles. The summed E-state index contributed by atoms with van der Waals surface area (Å²) in [6.45, 7) is 1.14. The molecule has 1 aromatic carbocycles. The van der Waals surface area contributed by atoms with Crippen LogP contribution in [0, 0.1) is 16.0 Å². The Morgan fingerprint density at radius 2 is 2.29 bits per heavy atom. The summed E-state index contributed by atoms with van der Waals surface area (Å²) >= 11 is 5.86. The first-order valence-electron chi connectivity index (χ1n) is 6.57. The Balaban J connectivity index is 2.25. The monoisotopic (exact) mass is 313 g/mol. The van der Waals surface area contributed by atoms with Gasteiger partial charge in [-0.1, -0.05) is 11.6 Å². The number of carbonyl (C=O) groups is 1. The molecule has 1 fully saturated rings. The third-order valence-corrected chi connectivity index (χ3v) is 3.98. The minimum Gasteiger partial charge on any atom is -0.397 e. The highest BCUT2D eigenvalue weighted by Crippen LogP contribution is 2.31. The van der Waals surface area contributed by atoms with Crippen molar-refractivity contribution in [1.82, 2.24) is 4.90 Å². The molecule has 114 valence electrons. The molecule has 1 unspecified atom stereocenters. The van der Waals surface area contributed by atoms with Gasteiger partial charge in [-0.25, -0.2) is 0 Å². The van der Waals surface area contributed by atoms with Crippen molar-refractivity contribution in [3.63, 3.8) is 0 Å². The molecular weight excluding hydrogens is 298 g/mol. The lowest BCUT2D eigenvalue weighted by molar-refractivity contribution is -0.384. The summed E-state index contributed by atoms with van der Waals surface area (Å²) in [5.74, 6) is -0.118. The number of amides is 1. The normalized spacial score (nSPS) is 18.0. The molecule has 0 saturated carbocycles. The van der Waals surface area contributed by atoms with Crippen molar-refractivity contribution >= 4 is 28.9 Å². The number of aliphatic hydroxyl groups is 1. The fourth-order valence-corrected chi connectivity index (χ4v) is 2.71. The number of non-ortho nitro benzene ring substituents is 1. The molecule has 0 aromatic heterocycles. The van der Waals surface area contributed by atoms with Gasteiger partial charge in [0.25, 0.3) is 11.6 Å². The van der Waals surface area contributed by atoms with Crippen LogP contribution in [-0.2, 0) is 0 Å². The number of nitro groups is 1. The number of nitrogens with two attached hydrogens (primary N) is 1. The van der Waals surface area contributed by atoms with Crippen LogP contribution in [0.15, 0.2) is 12.1 Å². The van der Waals surface area contributed by atoms with Gasteiger partial charge < -0.3 is 15.7 Å². The summed E-state index contributed by atoms with van der Waals surface area (Å²) in [4.78, 5) is 24.3. The molecule has 1 heterocycles. The molecule has 7 nitrogen and oxygen atoms in total. The molecule has 21 heavy (non-hydrogen) atoms. The molecule has 0 bridgehead atoms. The number of benzene rings is 1. The van der Waals surface area contributed by atoms with Crippen molar-refractivity contribution in [2.24, 2.45) is 5.92 Å². The number of likely N-dealkylation sites (tertiary alicyclic amines) is 1. The molecule has 0 spiro atoms. The maximum atomic E-state index is 12.4. The van der Waals surface area contributed by atoms with Crippen LogP contribution < -0.4 is 5.73 Å².